The highest BCUT2D eigenvalue weighted by atomic mass is 79.9. The van der Waals surface area contributed by atoms with E-state index in [1.54, 1.807) is 36.4 Å². The Balaban J connectivity index is 1.51. The average Bonchev–Trinajstić information content (AvgIpc) is 2.69. The maximum Gasteiger partial charge on any atom is 0.253 e. The number of aromatic nitrogens is 1. The highest BCUT2D eigenvalue weighted by molar-refractivity contribution is 9.10. The van der Waals surface area contributed by atoms with Gasteiger partial charge in [0.25, 0.3) is 5.91 Å². The fourth-order valence-electron chi connectivity index (χ4n) is 2.19. The minimum Gasteiger partial charge on any atom is -0.439 e. The lowest BCUT2D eigenvalue weighted by molar-refractivity contribution is -0.115. The normalized spacial score (nSPS) is 10.1. The number of hydrogen-bond acceptors (Lipinski definition) is 4. The second-order valence-electron chi connectivity index (χ2n) is 5.54. The predicted octanol–water partition coefficient (Wildman–Crippen LogP) is 4.00. The van der Waals surface area contributed by atoms with Gasteiger partial charge in [0.2, 0.25) is 11.8 Å². The molecule has 0 unspecified atom stereocenters. The van der Waals surface area contributed by atoms with Crippen molar-refractivity contribution in [3.8, 4) is 11.6 Å². The van der Waals surface area contributed by atoms with Gasteiger partial charge in [-0.25, -0.2) is 4.98 Å². The molecular weight excluding hydrogens is 410 g/mol. The fourth-order valence-corrected chi connectivity index (χ4v) is 2.45. The van der Waals surface area contributed by atoms with Gasteiger partial charge in [-0.15, -0.1) is 0 Å². The van der Waals surface area contributed by atoms with Gasteiger partial charge in [-0.05, 0) is 42.5 Å². The molecule has 1 aromatic heterocycles. The second kappa shape index (κ2) is 8.95. The molecule has 1 heterocycles. The maximum atomic E-state index is 12.1. The molecule has 0 atom stereocenters. The molecule has 2 N–H and O–H groups in total. The first-order valence-corrected chi connectivity index (χ1v) is 8.92. The quantitative estimate of drug-likeness (QED) is 0.625. The van der Waals surface area contributed by atoms with Crippen molar-refractivity contribution in [2.24, 2.45) is 0 Å². The molecule has 0 aliphatic carbocycles. The zero-order valence-electron chi connectivity index (χ0n) is 14.2. The molecule has 2 amide bonds. The summed E-state index contributed by atoms with van der Waals surface area (Å²) in [7, 11) is 0. The zero-order chi connectivity index (χ0) is 19.1. The summed E-state index contributed by atoms with van der Waals surface area (Å²) in [6.45, 7) is -0.134. The van der Waals surface area contributed by atoms with Gasteiger partial charge in [-0.3, -0.25) is 9.59 Å². The summed E-state index contributed by atoms with van der Waals surface area (Å²) < 4.78 is 6.56. The minimum atomic E-state index is -0.388. The van der Waals surface area contributed by atoms with Crippen molar-refractivity contribution in [3.05, 3.63) is 83.0 Å². The van der Waals surface area contributed by atoms with Crippen LogP contribution >= 0.6 is 15.9 Å². The van der Waals surface area contributed by atoms with E-state index in [0.29, 0.717) is 22.9 Å². The topological polar surface area (TPSA) is 80.3 Å². The largest absolute Gasteiger partial charge is 0.439 e. The third-order valence-corrected chi connectivity index (χ3v) is 4.03. The summed E-state index contributed by atoms with van der Waals surface area (Å²) in [6.07, 6.45) is 1.40. The highest BCUT2D eigenvalue weighted by Gasteiger charge is 2.09. The minimum absolute atomic E-state index is 0.134. The Hall–Kier alpha value is -3.19. The van der Waals surface area contributed by atoms with E-state index in [1.165, 1.54) is 6.20 Å². The first-order chi connectivity index (χ1) is 13.1. The van der Waals surface area contributed by atoms with Crippen molar-refractivity contribution < 1.29 is 14.3 Å². The SMILES string of the molecule is O=C(CNC(=O)c1ccc(Oc2ccc(Br)cc2)nc1)Nc1ccccc1. The van der Waals surface area contributed by atoms with E-state index in [0.717, 1.165) is 4.47 Å². The van der Waals surface area contributed by atoms with Crippen molar-refractivity contribution in [3.63, 3.8) is 0 Å². The molecule has 3 rings (SSSR count). The molecule has 0 spiro atoms. The van der Waals surface area contributed by atoms with E-state index in [4.69, 9.17) is 4.74 Å². The molecular formula is C20H16BrN3O3. The lowest BCUT2D eigenvalue weighted by atomic mass is 10.2. The van der Waals surface area contributed by atoms with Gasteiger partial charge < -0.3 is 15.4 Å². The van der Waals surface area contributed by atoms with Crippen LogP contribution in [0.5, 0.6) is 11.6 Å². The Morgan fingerprint density at radius 3 is 2.37 bits per heavy atom. The summed E-state index contributed by atoms with van der Waals surface area (Å²) in [5.41, 5.74) is 1.01. The van der Waals surface area contributed by atoms with Crippen LogP contribution in [0.1, 0.15) is 10.4 Å². The Kier molecular flexibility index (Phi) is 6.17. The van der Waals surface area contributed by atoms with Crippen molar-refractivity contribution in [2.75, 3.05) is 11.9 Å². The molecule has 7 heteroatoms. The van der Waals surface area contributed by atoms with E-state index in [2.05, 4.69) is 31.5 Å². The van der Waals surface area contributed by atoms with Gasteiger partial charge in [0.15, 0.2) is 0 Å². The molecule has 0 fully saturated rings. The molecule has 3 aromatic rings. The van der Waals surface area contributed by atoms with Crippen LogP contribution in [-0.4, -0.2) is 23.3 Å². The predicted molar refractivity (Wildman–Crippen MR) is 106 cm³/mol. The number of anilines is 1. The number of para-hydroxylation sites is 1. The van der Waals surface area contributed by atoms with Crippen LogP contribution in [0.4, 0.5) is 5.69 Å². The number of carbonyl (C=O) groups excluding carboxylic acids is 2. The van der Waals surface area contributed by atoms with Crippen LogP contribution in [-0.2, 0) is 4.79 Å². The fraction of sp³-hybridized carbons (Fsp3) is 0.0500. The summed E-state index contributed by atoms with van der Waals surface area (Å²) >= 11 is 3.36. The third-order valence-electron chi connectivity index (χ3n) is 3.50. The van der Waals surface area contributed by atoms with Crippen LogP contribution in [0.3, 0.4) is 0 Å². The van der Waals surface area contributed by atoms with E-state index in [-0.39, 0.29) is 18.4 Å². The van der Waals surface area contributed by atoms with E-state index in [1.807, 2.05) is 30.3 Å². The standard InChI is InChI=1S/C20H16BrN3O3/c21-15-7-9-17(10-8-15)27-19-11-6-14(12-22-19)20(26)23-13-18(25)24-16-4-2-1-3-5-16/h1-12H,13H2,(H,23,26)(H,24,25). The van der Waals surface area contributed by atoms with Crippen molar-refractivity contribution >= 4 is 33.4 Å². The molecule has 0 bridgehead atoms. The van der Waals surface area contributed by atoms with Crippen molar-refractivity contribution in [1.82, 2.24) is 10.3 Å². The Labute approximate surface area is 164 Å². The average molecular weight is 426 g/mol. The smallest absolute Gasteiger partial charge is 0.253 e. The Morgan fingerprint density at radius 1 is 0.963 bits per heavy atom. The highest BCUT2D eigenvalue weighted by Crippen LogP contribution is 2.21. The zero-order valence-corrected chi connectivity index (χ0v) is 15.8. The monoisotopic (exact) mass is 425 g/mol. The van der Waals surface area contributed by atoms with Gasteiger partial charge in [0.05, 0.1) is 12.1 Å². The molecule has 0 aliphatic rings. The lowest BCUT2D eigenvalue weighted by Gasteiger charge is -2.08. The summed E-state index contributed by atoms with van der Waals surface area (Å²) in [5.74, 6) is 0.315. The third kappa shape index (κ3) is 5.65. The van der Waals surface area contributed by atoms with Gasteiger partial charge in [0.1, 0.15) is 5.75 Å². The molecule has 0 saturated carbocycles. The number of pyridine rings is 1. The molecule has 0 aliphatic heterocycles. The molecule has 2 aromatic carbocycles. The number of nitrogens with zero attached hydrogens (tertiary/aromatic N) is 1. The van der Waals surface area contributed by atoms with Crippen molar-refractivity contribution in [1.29, 1.82) is 0 Å². The summed E-state index contributed by atoms with van der Waals surface area (Å²) in [4.78, 5) is 28.1. The van der Waals surface area contributed by atoms with E-state index >= 15 is 0 Å². The number of carbonyl (C=O) groups is 2. The molecule has 136 valence electrons. The number of ether oxygens (including phenoxy) is 1. The molecule has 0 saturated heterocycles. The summed E-state index contributed by atoms with van der Waals surface area (Å²) in [5, 5.41) is 5.25. The van der Waals surface area contributed by atoms with Gasteiger partial charge in [-0.2, -0.15) is 0 Å². The second-order valence-corrected chi connectivity index (χ2v) is 6.45. The Bertz CT molecular complexity index is 913. The van der Waals surface area contributed by atoms with Crippen LogP contribution in [0.2, 0.25) is 0 Å². The Morgan fingerprint density at radius 2 is 1.70 bits per heavy atom. The molecule has 27 heavy (non-hydrogen) atoms. The maximum absolute atomic E-state index is 12.1. The van der Waals surface area contributed by atoms with Gasteiger partial charge in [0, 0.05) is 22.4 Å². The summed E-state index contributed by atoms with van der Waals surface area (Å²) in [6, 6.07) is 19.5. The molecule has 0 radical (unpaired) electrons. The first kappa shape index (κ1) is 18.6. The van der Waals surface area contributed by atoms with E-state index < -0.39 is 0 Å². The van der Waals surface area contributed by atoms with Crippen LogP contribution in [0.25, 0.3) is 0 Å². The number of amides is 2. The van der Waals surface area contributed by atoms with E-state index in [9.17, 15) is 9.59 Å². The van der Waals surface area contributed by atoms with Gasteiger partial charge >= 0.3 is 0 Å². The van der Waals surface area contributed by atoms with Gasteiger partial charge in [-0.1, -0.05) is 34.1 Å². The number of nitrogens with one attached hydrogen (secondary N) is 2. The van der Waals surface area contributed by atoms with Crippen molar-refractivity contribution in [2.45, 2.75) is 0 Å². The molecule has 6 nitrogen and oxygen atoms in total. The number of benzene rings is 2. The first-order valence-electron chi connectivity index (χ1n) is 8.13. The number of hydrogen-bond donors (Lipinski definition) is 2. The number of halogens is 1. The van der Waals surface area contributed by atoms with Crippen LogP contribution in [0, 0.1) is 0 Å². The van der Waals surface area contributed by atoms with Crippen LogP contribution in [0.15, 0.2) is 77.4 Å². The number of rotatable bonds is 6. The van der Waals surface area contributed by atoms with Crippen LogP contribution < -0.4 is 15.4 Å². The lowest BCUT2D eigenvalue weighted by Crippen LogP contribution is -2.32.